The molecule has 2 amide bonds. The Balaban J connectivity index is 4.40. The zero-order valence-corrected chi connectivity index (χ0v) is 10.8. The van der Waals surface area contributed by atoms with Crippen LogP contribution in [-0.4, -0.2) is 50.4 Å². The van der Waals surface area contributed by atoms with Gasteiger partial charge in [-0.25, -0.2) is 0 Å². The standard InChI is InChI=1S/C10H18F2N3O4/c1-3-13-5-7(16)15-10(18,19-4-2)6-14-9(17)8(11)12/h8,13H,3-6H2,1-2H3,(H,14,17)(H,15,16). The van der Waals surface area contributed by atoms with Crippen LogP contribution in [0.3, 0.4) is 0 Å². The van der Waals surface area contributed by atoms with Crippen LogP contribution >= 0.6 is 0 Å². The van der Waals surface area contributed by atoms with Crippen molar-refractivity contribution in [2.45, 2.75) is 26.2 Å². The molecule has 19 heavy (non-hydrogen) atoms. The summed E-state index contributed by atoms with van der Waals surface area (Å²) in [5.41, 5.74) is 0. The maximum atomic E-state index is 12.0. The van der Waals surface area contributed by atoms with E-state index in [0.29, 0.717) is 6.54 Å². The second-order valence-electron chi connectivity index (χ2n) is 3.53. The second-order valence-corrected chi connectivity index (χ2v) is 3.53. The molecule has 0 heterocycles. The summed E-state index contributed by atoms with van der Waals surface area (Å²) in [6, 6.07) is 0. The van der Waals surface area contributed by atoms with Crippen molar-refractivity contribution in [3.63, 3.8) is 0 Å². The van der Waals surface area contributed by atoms with E-state index in [4.69, 9.17) is 4.74 Å². The van der Waals surface area contributed by atoms with Crippen LogP contribution in [0.1, 0.15) is 13.8 Å². The van der Waals surface area contributed by atoms with Gasteiger partial charge in [0.2, 0.25) is 5.91 Å². The molecular formula is C10H18F2N3O4. The van der Waals surface area contributed by atoms with E-state index in [0.717, 1.165) is 0 Å². The van der Waals surface area contributed by atoms with E-state index in [-0.39, 0.29) is 13.2 Å². The first-order chi connectivity index (χ1) is 8.84. The highest BCUT2D eigenvalue weighted by Gasteiger charge is 2.33. The first-order valence-corrected chi connectivity index (χ1v) is 5.76. The van der Waals surface area contributed by atoms with E-state index in [1.54, 1.807) is 12.2 Å². The molecule has 0 aliphatic rings. The lowest BCUT2D eigenvalue weighted by atomic mass is 10.4. The largest absolute Gasteiger partial charge is 0.344 e. The summed E-state index contributed by atoms with van der Waals surface area (Å²) in [6.07, 6.45) is -3.23. The number of carbonyl (C=O) groups is 2. The van der Waals surface area contributed by atoms with Gasteiger partial charge in [-0.15, -0.1) is 0 Å². The minimum absolute atomic E-state index is 0.0461. The number of hydrogen-bond donors (Lipinski definition) is 3. The Morgan fingerprint density at radius 3 is 2.42 bits per heavy atom. The van der Waals surface area contributed by atoms with Crippen LogP contribution in [0.4, 0.5) is 8.78 Å². The molecule has 1 atom stereocenters. The van der Waals surface area contributed by atoms with Gasteiger partial charge >= 0.3 is 6.43 Å². The fourth-order valence-electron chi connectivity index (χ4n) is 1.14. The smallest absolute Gasteiger partial charge is 0.315 e. The van der Waals surface area contributed by atoms with Gasteiger partial charge in [0, 0.05) is 6.61 Å². The zero-order valence-electron chi connectivity index (χ0n) is 10.8. The fourth-order valence-corrected chi connectivity index (χ4v) is 1.14. The molecule has 111 valence electrons. The maximum Gasteiger partial charge on any atom is 0.315 e. The fraction of sp³-hybridized carbons (Fsp3) is 0.800. The molecule has 0 aliphatic heterocycles. The van der Waals surface area contributed by atoms with E-state index < -0.39 is 30.7 Å². The summed E-state index contributed by atoms with van der Waals surface area (Å²) >= 11 is 0. The summed E-state index contributed by atoms with van der Waals surface area (Å²) in [6.45, 7) is 2.84. The lowest BCUT2D eigenvalue weighted by Crippen LogP contribution is -2.58. The molecule has 0 aromatic rings. The third-order valence-corrected chi connectivity index (χ3v) is 1.94. The molecule has 0 saturated heterocycles. The first kappa shape index (κ1) is 17.7. The van der Waals surface area contributed by atoms with Crippen molar-refractivity contribution in [3.8, 4) is 0 Å². The first-order valence-electron chi connectivity index (χ1n) is 5.76. The Morgan fingerprint density at radius 2 is 1.95 bits per heavy atom. The number of rotatable bonds is 9. The molecule has 1 radical (unpaired) electrons. The van der Waals surface area contributed by atoms with Gasteiger partial charge in [0.05, 0.1) is 13.1 Å². The molecule has 0 bridgehead atoms. The molecule has 9 heteroatoms. The van der Waals surface area contributed by atoms with Crippen molar-refractivity contribution >= 4 is 11.8 Å². The Morgan fingerprint density at radius 1 is 1.32 bits per heavy atom. The molecule has 0 fully saturated rings. The number of halogens is 2. The molecule has 0 rings (SSSR count). The van der Waals surface area contributed by atoms with Gasteiger partial charge in [0.25, 0.3) is 11.8 Å². The Hall–Kier alpha value is -1.32. The van der Waals surface area contributed by atoms with Gasteiger partial charge < -0.3 is 20.7 Å². The zero-order chi connectivity index (χ0) is 14.9. The van der Waals surface area contributed by atoms with Gasteiger partial charge in [-0.05, 0) is 13.5 Å². The Bertz CT molecular complexity index is 304. The van der Waals surface area contributed by atoms with Crippen LogP contribution in [0.5, 0.6) is 0 Å². The molecular weight excluding hydrogens is 264 g/mol. The van der Waals surface area contributed by atoms with Crippen molar-refractivity contribution in [3.05, 3.63) is 0 Å². The number of hydrogen-bond acceptors (Lipinski definition) is 4. The number of likely N-dealkylation sites (N-methyl/N-ethyl adjacent to an activating group) is 1. The minimum atomic E-state index is -3.23. The number of alkyl halides is 2. The van der Waals surface area contributed by atoms with Crippen molar-refractivity contribution in [1.29, 1.82) is 0 Å². The number of amides is 2. The van der Waals surface area contributed by atoms with E-state index in [2.05, 4.69) is 5.32 Å². The molecule has 3 N–H and O–H groups in total. The Kier molecular flexibility index (Phi) is 8.12. The van der Waals surface area contributed by atoms with Gasteiger partial charge in [0.1, 0.15) is 0 Å². The van der Waals surface area contributed by atoms with Crippen molar-refractivity contribution < 1.29 is 28.2 Å². The molecule has 0 saturated carbocycles. The van der Waals surface area contributed by atoms with E-state index in [1.807, 2.05) is 5.32 Å². The highest BCUT2D eigenvalue weighted by atomic mass is 19.3. The number of ether oxygens (including phenoxy) is 1. The number of carbonyl (C=O) groups excluding carboxylic acids is 2. The summed E-state index contributed by atoms with van der Waals surface area (Å²) in [4.78, 5) is 22.0. The topological polar surface area (TPSA) is 99.4 Å². The molecule has 0 spiro atoms. The van der Waals surface area contributed by atoms with E-state index in [9.17, 15) is 23.5 Å². The summed E-state index contributed by atoms with van der Waals surface area (Å²) < 4.78 is 28.7. The maximum absolute atomic E-state index is 12.0. The van der Waals surface area contributed by atoms with Crippen molar-refractivity contribution in [2.24, 2.45) is 0 Å². The van der Waals surface area contributed by atoms with Gasteiger partial charge in [0.15, 0.2) is 0 Å². The van der Waals surface area contributed by atoms with Gasteiger partial charge in [-0.3, -0.25) is 9.59 Å². The Labute approximate surface area is 109 Å². The van der Waals surface area contributed by atoms with Crippen molar-refractivity contribution in [1.82, 2.24) is 16.0 Å². The van der Waals surface area contributed by atoms with Crippen LogP contribution < -0.4 is 16.0 Å². The third-order valence-electron chi connectivity index (χ3n) is 1.94. The normalized spacial score (nSPS) is 14.0. The summed E-state index contributed by atoms with van der Waals surface area (Å²) in [7, 11) is 0. The molecule has 0 aromatic carbocycles. The van der Waals surface area contributed by atoms with Gasteiger partial charge in [-0.2, -0.15) is 13.9 Å². The highest BCUT2D eigenvalue weighted by Crippen LogP contribution is 2.03. The van der Waals surface area contributed by atoms with E-state index in [1.165, 1.54) is 6.92 Å². The average Bonchev–Trinajstić information content (AvgIpc) is 2.33. The van der Waals surface area contributed by atoms with Crippen LogP contribution in [0.2, 0.25) is 0 Å². The molecule has 0 aliphatic carbocycles. The summed E-state index contributed by atoms with van der Waals surface area (Å²) in [5, 5.41) is 18.3. The quantitative estimate of drug-likeness (QED) is 0.483. The monoisotopic (exact) mass is 282 g/mol. The number of nitrogens with one attached hydrogen (secondary N) is 3. The molecule has 7 nitrogen and oxygen atoms in total. The third kappa shape index (κ3) is 7.65. The lowest BCUT2D eigenvalue weighted by Gasteiger charge is -2.26. The highest BCUT2D eigenvalue weighted by molar-refractivity contribution is 5.80. The average molecular weight is 282 g/mol. The summed E-state index contributed by atoms with van der Waals surface area (Å²) in [5.74, 6) is -4.72. The van der Waals surface area contributed by atoms with Crippen molar-refractivity contribution in [2.75, 3.05) is 26.2 Å². The molecule has 0 aromatic heterocycles. The van der Waals surface area contributed by atoms with Gasteiger partial charge in [-0.1, -0.05) is 6.92 Å². The SMILES string of the molecule is CCNCC(=O)NC([O])(CNC(=O)C(F)F)OCC. The van der Waals surface area contributed by atoms with Crippen LogP contribution in [0.25, 0.3) is 0 Å². The predicted molar refractivity (Wildman–Crippen MR) is 60.7 cm³/mol. The van der Waals surface area contributed by atoms with Crippen LogP contribution in [-0.2, 0) is 19.4 Å². The van der Waals surface area contributed by atoms with E-state index >= 15 is 0 Å². The lowest BCUT2D eigenvalue weighted by molar-refractivity contribution is -0.252. The molecule has 1 unspecified atom stereocenters. The predicted octanol–water partition coefficient (Wildman–Crippen LogP) is -0.786. The van der Waals surface area contributed by atoms with Crippen LogP contribution in [0.15, 0.2) is 0 Å². The minimum Gasteiger partial charge on any atom is -0.344 e. The second kappa shape index (κ2) is 8.73. The van der Waals surface area contributed by atoms with Crippen LogP contribution in [0, 0.1) is 0 Å².